The van der Waals surface area contributed by atoms with Crippen LogP contribution in [-0.2, 0) is 19.3 Å². The van der Waals surface area contributed by atoms with Crippen LogP contribution in [0.15, 0.2) is 46.7 Å². The summed E-state index contributed by atoms with van der Waals surface area (Å²) in [5.74, 6) is 2.39. The molecule has 144 valence electrons. The smallest absolute Gasteiger partial charge is 0.106 e. The summed E-state index contributed by atoms with van der Waals surface area (Å²) in [4.78, 5) is 1.38. The van der Waals surface area contributed by atoms with E-state index in [4.69, 9.17) is 0 Å². The van der Waals surface area contributed by atoms with E-state index in [0.29, 0.717) is 5.92 Å². The Morgan fingerprint density at radius 1 is 1.26 bits per heavy atom. The van der Waals surface area contributed by atoms with E-state index >= 15 is 0 Å². The highest BCUT2D eigenvalue weighted by Gasteiger charge is 2.25. The Labute approximate surface area is 168 Å². The zero-order valence-corrected chi connectivity index (χ0v) is 17.8. The van der Waals surface area contributed by atoms with Gasteiger partial charge < -0.3 is 10.0 Å². The molecule has 0 heterocycles. The van der Waals surface area contributed by atoms with E-state index in [2.05, 4.69) is 55.6 Å². The number of benzene rings is 1. The second-order valence-electron chi connectivity index (χ2n) is 8.72. The quantitative estimate of drug-likeness (QED) is 0.503. The lowest BCUT2D eigenvalue weighted by Gasteiger charge is -2.19. The number of nitrogens with one attached hydrogen (secondary N) is 2. The van der Waals surface area contributed by atoms with Gasteiger partial charge in [-0.25, -0.2) is 0 Å². The van der Waals surface area contributed by atoms with Gasteiger partial charge >= 0.3 is 0 Å². The van der Waals surface area contributed by atoms with Crippen LogP contribution >= 0.6 is 11.9 Å². The molecule has 1 saturated carbocycles. The van der Waals surface area contributed by atoms with Gasteiger partial charge in [-0.15, -0.1) is 0 Å². The Bertz CT molecular complexity index is 812. The Morgan fingerprint density at radius 3 is 2.78 bits per heavy atom. The number of rotatable bonds is 8. The Hall–Kier alpha value is -1.61. The second kappa shape index (κ2) is 7.79. The number of fused-ring (bicyclic) bond motifs is 1. The zero-order chi connectivity index (χ0) is 19.0. The molecule has 0 unspecified atom stereocenters. The number of aryl methyl sites for hydroxylation is 1. The van der Waals surface area contributed by atoms with E-state index in [1.54, 1.807) is 11.9 Å². The molecule has 27 heavy (non-hydrogen) atoms. The molecule has 1 aromatic rings. The van der Waals surface area contributed by atoms with Gasteiger partial charge in [-0.1, -0.05) is 38.1 Å². The van der Waals surface area contributed by atoms with E-state index in [-0.39, 0.29) is 0 Å². The van der Waals surface area contributed by atoms with Crippen molar-refractivity contribution in [2.24, 2.45) is 11.8 Å². The highest BCUT2D eigenvalue weighted by atomic mass is 32.2. The predicted molar refractivity (Wildman–Crippen MR) is 119 cm³/mol. The fourth-order valence-electron chi connectivity index (χ4n) is 4.41. The topological polar surface area (TPSA) is 24.1 Å². The number of hydrogen-bond donors (Lipinski definition) is 2. The molecule has 1 fully saturated rings. The lowest BCUT2D eigenvalue weighted by atomic mass is 9.99. The average Bonchev–Trinajstić information content (AvgIpc) is 3.16. The van der Waals surface area contributed by atoms with Crippen LogP contribution in [0, 0.1) is 11.8 Å². The molecule has 0 bridgehead atoms. The summed E-state index contributed by atoms with van der Waals surface area (Å²) in [5, 5.41) is 3.65. The van der Waals surface area contributed by atoms with Crippen molar-refractivity contribution in [3.63, 3.8) is 0 Å². The minimum atomic E-state index is 0.598. The maximum atomic E-state index is 4.26. The molecule has 3 heteroatoms. The van der Waals surface area contributed by atoms with Gasteiger partial charge in [0.1, 0.15) is 5.82 Å². The number of hydrogen-bond acceptors (Lipinski definition) is 3. The summed E-state index contributed by atoms with van der Waals surface area (Å²) < 4.78 is 3.46. The minimum Gasteiger partial charge on any atom is -0.341 e. The molecular formula is C24H32N2S. The van der Waals surface area contributed by atoms with Crippen molar-refractivity contribution < 1.29 is 0 Å². The van der Waals surface area contributed by atoms with E-state index in [1.165, 1.54) is 77.0 Å². The van der Waals surface area contributed by atoms with E-state index in [1.807, 2.05) is 0 Å². The molecule has 0 atom stereocenters. The van der Waals surface area contributed by atoms with Crippen LogP contribution < -0.4 is 10.0 Å². The third kappa shape index (κ3) is 4.29. The molecule has 1 aromatic carbocycles. The zero-order valence-electron chi connectivity index (χ0n) is 17.0. The van der Waals surface area contributed by atoms with Crippen molar-refractivity contribution in [1.29, 1.82) is 0 Å². The van der Waals surface area contributed by atoms with Crippen molar-refractivity contribution >= 4 is 17.6 Å². The van der Waals surface area contributed by atoms with Crippen molar-refractivity contribution in [2.45, 2.75) is 65.7 Å². The van der Waals surface area contributed by atoms with Crippen LogP contribution in [0.4, 0.5) is 5.69 Å². The van der Waals surface area contributed by atoms with Crippen LogP contribution in [0.1, 0.15) is 63.1 Å². The van der Waals surface area contributed by atoms with Gasteiger partial charge in [-0.2, -0.15) is 0 Å². The Morgan fingerprint density at radius 2 is 2.07 bits per heavy atom. The first-order valence-corrected chi connectivity index (χ1v) is 11.3. The molecule has 0 saturated heterocycles. The molecular weight excluding hydrogens is 348 g/mol. The maximum Gasteiger partial charge on any atom is 0.106 e. The predicted octanol–water partition coefficient (Wildman–Crippen LogP) is 6.51. The summed E-state index contributed by atoms with van der Waals surface area (Å²) in [5.41, 5.74) is 8.86. The van der Waals surface area contributed by atoms with Gasteiger partial charge in [-0.3, -0.25) is 0 Å². The molecule has 3 aliphatic rings. The number of allylic oxidation sites excluding steroid dienone is 4. The van der Waals surface area contributed by atoms with Gasteiger partial charge in [0.2, 0.25) is 0 Å². The lowest BCUT2D eigenvalue weighted by Crippen LogP contribution is -2.14. The molecule has 0 radical (unpaired) electrons. The Balaban J connectivity index is 1.41. The van der Waals surface area contributed by atoms with Crippen LogP contribution in [0.25, 0.3) is 0 Å². The molecule has 2 nitrogen and oxygen atoms in total. The summed E-state index contributed by atoms with van der Waals surface area (Å²) in [6, 6.07) is 4.72. The molecule has 4 rings (SSSR count). The molecule has 3 aliphatic carbocycles. The van der Waals surface area contributed by atoms with Crippen LogP contribution in [0.5, 0.6) is 0 Å². The summed E-state index contributed by atoms with van der Waals surface area (Å²) >= 11 is 1.71. The van der Waals surface area contributed by atoms with Gasteiger partial charge in [-0.05, 0) is 97.6 Å². The van der Waals surface area contributed by atoms with Crippen LogP contribution in [-0.4, -0.2) is 0 Å². The highest BCUT2D eigenvalue weighted by Crippen LogP contribution is 2.39. The average molecular weight is 381 g/mol. The van der Waals surface area contributed by atoms with Gasteiger partial charge in [0, 0.05) is 17.0 Å². The van der Waals surface area contributed by atoms with E-state index in [0.717, 1.165) is 18.2 Å². The first kappa shape index (κ1) is 18.7. The summed E-state index contributed by atoms with van der Waals surface area (Å²) in [7, 11) is 0. The standard InChI is InChI=1S/C24H32N2S/c1-15(2)23-14-21(12-16(23)3)27-26-17(4)25-24-20(13-18-8-9-18)11-10-19-6-5-7-22(19)24/h10-11,14-15,18,25-26H,4-9,12-13H2,1-3H3. The van der Waals surface area contributed by atoms with Gasteiger partial charge in [0.25, 0.3) is 0 Å². The molecule has 0 aromatic heterocycles. The maximum absolute atomic E-state index is 4.26. The monoisotopic (exact) mass is 380 g/mol. The summed E-state index contributed by atoms with van der Waals surface area (Å²) in [6.07, 6.45) is 11.1. The van der Waals surface area contributed by atoms with Crippen molar-refractivity contribution in [1.82, 2.24) is 4.72 Å². The molecule has 0 amide bonds. The minimum absolute atomic E-state index is 0.598. The third-order valence-electron chi connectivity index (χ3n) is 6.03. The number of anilines is 1. The molecule has 0 aliphatic heterocycles. The van der Waals surface area contributed by atoms with Crippen LogP contribution in [0.2, 0.25) is 0 Å². The van der Waals surface area contributed by atoms with Crippen LogP contribution in [0.3, 0.4) is 0 Å². The van der Waals surface area contributed by atoms with E-state index in [9.17, 15) is 0 Å². The molecule has 0 spiro atoms. The molecule has 2 N–H and O–H groups in total. The van der Waals surface area contributed by atoms with Crippen molar-refractivity contribution in [2.75, 3.05) is 5.32 Å². The normalized spacial score (nSPS) is 18.7. The fourth-order valence-corrected chi connectivity index (χ4v) is 5.19. The fraction of sp³-hybridized carbons (Fsp3) is 0.500. The largest absolute Gasteiger partial charge is 0.341 e. The van der Waals surface area contributed by atoms with E-state index < -0.39 is 0 Å². The lowest BCUT2D eigenvalue weighted by molar-refractivity contribution is 0.783. The van der Waals surface area contributed by atoms with Gasteiger partial charge in [0.15, 0.2) is 0 Å². The summed E-state index contributed by atoms with van der Waals surface area (Å²) in [6.45, 7) is 11.1. The first-order chi connectivity index (χ1) is 13.0. The van der Waals surface area contributed by atoms with Crippen molar-refractivity contribution in [3.8, 4) is 0 Å². The SMILES string of the molecule is C=C(NSC1=CC(C(C)C)=C(C)C1)Nc1c(CC2CC2)ccc2c1CCC2. The van der Waals surface area contributed by atoms with Crippen molar-refractivity contribution in [3.05, 3.63) is 63.4 Å². The Kier molecular flexibility index (Phi) is 5.41. The second-order valence-corrected chi connectivity index (χ2v) is 9.66. The highest BCUT2D eigenvalue weighted by molar-refractivity contribution is 8.01. The first-order valence-electron chi connectivity index (χ1n) is 10.4. The third-order valence-corrected chi connectivity index (χ3v) is 6.90. The van der Waals surface area contributed by atoms with Gasteiger partial charge in [0.05, 0.1) is 0 Å².